The highest BCUT2D eigenvalue weighted by molar-refractivity contribution is 7.99. The number of hydrogen-bond donors (Lipinski definition) is 1. The molecular weight excluding hydrogens is 316 g/mol. The number of carbonyl (C=O) groups excluding carboxylic acids is 1. The number of phenols is 1. The zero-order valence-electron chi connectivity index (χ0n) is 12.9. The van der Waals surface area contributed by atoms with Crippen molar-refractivity contribution in [3.05, 3.63) is 96.1 Å². The molecule has 0 fully saturated rings. The molecule has 24 heavy (non-hydrogen) atoms. The van der Waals surface area contributed by atoms with Gasteiger partial charge in [0.25, 0.3) is 0 Å². The molecule has 3 rings (SSSR count). The number of para-hydroxylation sites is 1. The first-order valence-corrected chi connectivity index (χ1v) is 8.37. The van der Waals surface area contributed by atoms with Crippen LogP contribution in [-0.4, -0.2) is 10.9 Å². The van der Waals surface area contributed by atoms with Crippen molar-refractivity contribution in [2.75, 3.05) is 0 Å². The molecular formula is C21H16O2S. The zero-order chi connectivity index (χ0) is 16.8. The Morgan fingerprint density at radius 1 is 0.792 bits per heavy atom. The van der Waals surface area contributed by atoms with Gasteiger partial charge in [-0.05, 0) is 54.6 Å². The van der Waals surface area contributed by atoms with Gasteiger partial charge in [0.05, 0.1) is 0 Å². The van der Waals surface area contributed by atoms with Gasteiger partial charge < -0.3 is 5.11 Å². The Morgan fingerprint density at radius 2 is 1.42 bits per heavy atom. The number of phenolic OH excluding ortho intramolecular Hbond substituents is 1. The van der Waals surface area contributed by atoms with Crippen LogP contribution in [0.2, 0.25) is 0 Å². The van der Waals surface area contributed by atoms with Gasteiger partial charge in [0, 0.05) is 20.9 Å². The summed E-state index contributed by atoms with van der Waals surface area (Å²) in [5.41, 5.74) is 1.25. The molecule has 118 valence electrons. The molecule has 0 amide bonds. The van der Waals surface area contributed by atoms with Crippen molar-refractivity contribution in [2.45, 2.75) is 9.79 Å². The molecule has 0 saturated carbocycles. The van der Waals surface area contributed by atoms with Crippen LogP contribution < -0.4 is 0 Å². The normalized spacial score (nSPS) is 10.8. The van der Waals surface area contributed by atoms with E-state index in [9.17, 15) is 9.90 Å². The quantitative estimate of drug-likeness (QED) is 0.499. The lowest BCUT2D eigenvalue weighted by Gasteiger charge is -2.02. The van der Waals surface area contributed by atoms with E-state index in [-0.39, 0.29) is 11.5 Å². The van der Waals surface area contributed by atoms with Gasteiger partial charge in [0.15, 0.2) is 5.78 Å². The number of allylic oxidation sites excluding steroid dienone is 1. The van der Waals surface area contributed by atoms with Gasteiger partial charge in [-0.15, -0.1) is 0 Å². The topological polar surface area (TPSA) is 37.3 Å². The molecule has 0 aliphatic rings. The maximum atomic E-state index is 12.2. The molecule has 0 aromatic heterocycles. The van der Waals surface area contributed by atoms with Crippen LogP contribution in [0.15, 0.2) is 94.7 Å². The number of aromatic hydroxyl groups is 1. The summed E-state index contributed by atoms with van der Waals surface area (Å²) in [6.07, 6.45) is 3.11. The highest BCUT2D eigenvalue weighted by Gasteiger charge is 2.03. The van der Waals surface area contributed by atoms with E-state index in [2.05, 4.69) is 12.1 Å². The summed E-state index contributed by atoms with van der Waals surface area (Å²) in [5, 5.41) is 9.71. The zero-order valence-corrected chi connectivity index (χ0v) is 13.7. The second-order valence-electron chi connectivity index (χ2n) is 5.20. The van der Waals surface area contributed by atoms with E-state index in [1.807, 2.05) is 48.5 Å². The van der Waals surface area contributed by atoms with Crippen LogP contribution in [-0.2, 0) is 0 Å². The molecule has 3 heteroatoms. The van der Waals surface area contributed by atoms with Crippen LogP contribution in [0.25, 0.3) is 6.08 Å². The molecule has 0 spiro atoms. The Balaban J connectivity index is 1.69. The van der Waals surface area contributed by atoms with E-state index < -0.39 is 0 Å². The van der Waals surface area contributed by atoms with Gasteiger partial charge in [-0.1, -0.05) is 48.2 Å². The highest BCUT2D eigenvalue weighted by atomic mass is 32.2. The number of ketones is 1. The van der Waals surface area contributed by atoms with Crippen molar-refractivity contribution in [1.29, 1.82) is 0 Å². The minimum absolute atomic E-state index is 0.0884. The molecule has 0 heterocycles. The van der Waals surface area contributed by atoms with Crippen LogP contribution >= 0.6 is 11.8 Å². The van der Waals surface area contributed by atoms with E-state index in [0.29, 0.717) is 11.1 Å². The Hall–Kier alpha value is -2.78. The standard InChI is InChI=1S/C21H16O2S/c22-20-9-5-4-6-16(20)12-15-21(23)17-10-13-19(14-11-17)24-18-7-2-1-3-8-18/h1-15,22H. The van der Waals surface area contributed by atoms with E-state index in [1.165, 1.54) is 6.08 Å². The summed E-state index contributed by atoms with van der Waals surface area (Å²) in [6.45, 7) is 0. The number of rotatable bonds is 5. The summed E-state index contributed by atoms with van der Waals surface area (Å²) in [5.74, 6) is 0.0747. The lowest BCUT2D eigenvalue weighted by atomic mass is 10.1. The smallest absolute Gasteiger partial charge is 0.185 e. The first-order valence-electron chi connectivity index (χ1n) is 7.56. The SMILES string of the molecule is O=C(C=Cc1ccccc1O)c1ccc(Sc2ccccc2)cc1. The predicted octanol–water partition coefficient (Wildman–Crippen LogP) is 5.44. The van der Waals surface area contributed by atoms with Gasteiger partial charge >= 0.3 is 0 Å². The minimum Gasteiger partial charge on any atom is -0.507 e. The largest absolute Gasteiger partial charge is 0.507 e. The van der Waals surface area contributed by atoms with E-state index in [0.717, 1.165) is 9.79 Å². The molecule has 0 aliphatic carbocycles. The van der Waals surface area contributed by atoms with Gasteiger partial charge in [-0.3, -0.25) is 4.79 Å². The highest BCUT2D eigenvalue weighted by Crippen LogP contribution is 2.27. The fourth-order valence-electron chi connectivity index (χ4n) is 2.20. The third kappa shape index (κ3) is 4.15. The van der Waals surface area contributed by atoms with E-state index in [1.54, 1.807) is 36.0 Å². The maximum absolute atomic E-state index is 12.2. The lowest BCUT2D eigenvalue weighted by Crippen LogP contribution is -1.93. The number of hydrogen-bond acceptors (Lipinski definition) is 3. The van der Waals surface area contributed by atoms with Gasteiger partial charge in [0.2, 0.25) is 0 Å². The maximum Gasteiger partial charge on any atom is 0.185 e. The molecule has 0 atom stereocenters. The van der Waals surface area contributed by atoms with Crippen molar-refractivity contribution in [2.24, 2.45) is 0 Å². The lowest BCUT2D eigenvalue weighted by molar-refractivity contribution is 0.104. The summed E-state index contributed by atoms with van der Waals surface area (Å²) in [4.78, 5) is 14.5. The Kier molecular flexibility index (Phi) is 5.14. The fourth-order valence-corrected chi connectivity index (χ4v) is 3.04. The van der Waals surface area contributed by atoms with Gasteiger partial charge in [-0.2, -0.15) is 0 Å². The summed E-state index contributed by atoms with van der Waals surface area (Å²) >= 11 is 1.66. The van der Waals surface area contributed by atoms with Crippen molar-refractivity contribution in [1.82, 2.24) is 0 Å². The first kappa shape index (κ1) is 16.1. The summed E-state index contributed by atoms with van der Waals surface area (Å²) < 4.78 is 0. The van der Waals surface area contributed by atoms with Crippen LogP contribution in [0.4, 0.5) is 0 Å². The van der Waals surface area contributed by atoms with E-state index in [4.69, 9.17) is 0 Å². The average molecular weight is 332 g/mol. The molecule has 2 nitrogen and oxygen atoms in total. The van der Waals surface area contributed by atoms with Crippen LogP contribution in [0.5, 0.6) is 5.75 Å². The molecule has 0 radical (unpaired) electrons. The van der Waals surface area contributed by atoms with Crippen molar-refractivity contribution >= 4 is 23.6 Å². The fraction of sp³-hybridized carbons (Fsp3) is 0. The molecule has 3 aromatic carbocycles. The second kappa shape index (κ2) is 7.66. The number of carbonyl (C=O) groups is 1. The van der Waals surface area contributed by atoms with Crippen molar-refractivity contribution < 1.29 is 9.90 Å². The van der Waals surface area contributed by atoms with Crippen LogP contribution in [0, 0.1) is 0 Å². The Morgan fingerprint density at radius 3 is 2.12 bits per heavy atom. The average Bonchev–Trinajstić information content (AvgIpc) is 2.62. The third-order valence-corrected chi connectivity index (χ3v) is 4.48. The second-order valence-corrected chi connectivity index (χ2v) is 6.34. The molecule has 0 aliphatic heterocycles. The minimum atomic E-state index is -0.0884. The Bertz CT molecular complexity index is 853. The van der Waals surface area contributed by atoms with Crippen molar-refractivity contribution in [3.8, 4) is 5.75 Å². The van der Waals surface area contributed by atoms with Crippen molar-refractivity contribution in [3.63, 3.8) is 0 Å². The summed E-state index contributed by atoms with van der Waals surface area (Å²) in [6, 6.07) is 24.6. The molecule has 3 aromatic rings. The Labute approximate surface area is 145 Å². The summed E-state index contributed by atoms with van der Waals surface area (Å²) in [7, 11) is 0. The van der Waals surface area contributed by atoms with Crippen LogP contribution in [0.3, 0.4) is 0 Å². The van der Waals surface area contributed by atoms with Gasteiger partial charge in [0.1, 0.15) is 5.75 Å². The van der Waals surface area contributed by atoms with Gasteiger partial charge in [-0.25, -0.2) is 0 Å². The first-order chi connectivity index (χ1) is 11.7. The third-order valence-electron chi connectivity index (χ3n) is 3.47. The molecule has 0 bridgehead atoms. The molecule has 0 saturated heterocycles. The predicted molar refractivity (Wildman–Crippen MR) is 98.5 cm³/mol. The number of benzene rings is 3. The molecule has 0 unspecified atom stereocenters. The van der Waals surface area contributed by atoms with Crippen LogP contribution in [0.1, 0.15) is 15.9 Å². The monoisotopic (exact) mass is 332 g/mol. The van der Waals surface area contributed by atoms with E-state index >= 15 is 0 Å². The molecule has 1 N–H and O–H groups in total.